The predicted octanol–water partition coefficient (Wildman–Crippen LogP) is 4.27. The quantitative estimate of drug-likeness (QED) is 0.699. The van der Waals surface area contributed by atoms with E-state index in [2.05, 4.69) is 23.2 Å². The number of hydrogen-bond acceptors (Lipinski definition) is 4. The van der Waals surface area contributed by atoms with E-state index in [-0.39, 0.29) is 0 Å². The number of benzene rings is 1. The van der Waals surface area contributed by atoms with Crippen LogP contribution >= 0.6 is 11.6 Å². The molecule has 3 heterocycles. The fraction of sp³-hybridized carbons (Fsp3) is 0.316. The van der Waals surface area contributed by atoms with Gasteiger partial charge < -0.3 is 18.8 Å². The topological polar surface area (TPSA) is 39.0 Å². The van der Waals surface area contributed by atoms with Gasteiger partial charge in [-0.25, -0.2) is 4.98 Å². The monoisotopic (exact) mass is 357 g/mol. The van der Waals surface area contributed by atoms with Gasteiger partial charge in [-0.05, 0) is 25.0 Å². The average Bonchev–Trinajstić information content (AvgIpc) is 3.30. The zero-order chi connectivity index (χ0) is 17.4. The van der Waals surface area contributed by atoms with E-state index in [0.717, 1.165) is 30.0 Å². The van der Waals surface area contributed by atoms with Gasteiger partial charge in [-0.2, -0.15) is 0 Å². The van der Waals surface area contributed by atoms with Crippen molar-refractivity contribution in [2.45, 2.75) is 12.8 Å². The van der Waals surface area contributed by atoms with E-state index in [1.165, 1.54) is 18.5 Å². The van der Waals surface area contributed by atoms with Crippen LogP contribution in [0.5, 0.6) is 11.5 Å². The van der Waals surface area contributed by atoms with Gasteiger partial charge in [-0.3, -0.25) is 0 Å². The van der Waals surface area contributed by atoms with Crippen molar-refractivity contribution < 1.29 is 9.47 Å². The van der Waals surface area contributed by atoms with Gasteiger partial charge in [0.1, 0.15) is 17.1 Å². The first kappa shape index (κ1) is 16.1. The molecule has 130 valence electrons. The minimum absolute atomic E-state index is 0.535. The number of rotatable bonds is 4. The lowest BCUT2D eigenvalue weighted by molar-refractivity contribution is 0.395. The minimum Gasteiger partial charge on any atom is -0.496 e. The Labute approximate surface area is 151 Å². The molecule has 25 heavy (non-hydrogen) atoms. The molecule has 0 atom stereocenters. The number of halogens is 1. The van der Waals surface area contributed by atoms with Crippen LogP contribution in [-0.2, 0) is 0 Å². The van der Waals surface area contributed by atoms with Crippen LogP contribution in [0.2, 0.25) is 5.02 Å². The maximum Gasteiger partial charge on any atom is 0.141 e. The molecular formula is C19H20ClN3O2. The molecule has 1 saturated heterocycles. The van der Waals surface area contributed by atoms with Crippen molar-refractivity contribution in [2.24, 2.45) is 0 Å². The summed E-state index contributed by atoms with van der Waals surface area (Å²) in [5.74, 6) is 1.27. The summed E-state index contributed by atoms with van der Waals surface area (Å²) in [6.45, 7) is 2.23. The summed E-state index contributed by atoms with van der Waals surface area (Å²) < 4.78 is 12.8. The van der Waals surface area contributed by atoms with E-state index in [4.69, 9.17) is 26.1 Å². The molecule has 6 heteroatoms. The Morgan fingerprint density at radius 3 is 2.52 bits per heavy atom. The Bertz CT molecular complexity index is 916. The molecule has 0 saturated carbocycles. The summed E-state index contributed by atoms with van der Waals surface area (Å²) in [4.78, 5) is 7.18. The number of imidazole rings is 1. The molecule has 0 amide bonds. The van der Waals surface area contributed by atoms with E-state index in [9.17, 15) is 0 Å². The van der Waals surface area contributed by atoms with Crippen LogP contribution in [0.4, 0.5) is 5.69 Å². The summed E-state index contributed by atoms with van der Waals surface area (Å²) in [5, 5.41) is 0.535. The molecule has 3 aromatic rings. The first-order chi connectivity index (χ1) is 12.2. The van der Waals surface area contributed by atoms with Crippen LogP contribution in [0.1, 0.15) is 12.8 Å². The highest BCUT2D eigenvalue weighted by Crippen LogP contribution is 2.38. The molecule has 4 rings (SSSR count). The summed E-state index contributed by atoms with van der Waals surface area (Å²) in [7, 11) is 3.22. The van der Waals surface area contributed by atoms with Crippen LogP contribution in [0.3, 0.4) is 0 Å². The molecule has 1 aliphatic rings. The van der Waals surface area contributed by atoms with Crippen LogP contribution in [-0.4, -0.2) is 36.7 Å². The predicted molar refractivity (Wildman–Crippen MR) is 100 cm³/mol. The third-order valence-corrected chi connectivity index (χ3v) is 4.96. The van der Waals surface area contributed by atoms with Crippen molar-refractivity contribution in [1.29, 1.82) is 0 Å². The Balaban J connectivity index is 1.78. The van der Waals surface area contributed by atoms with Crippen molar-refractivity contribution >= 4 is 22.9 Å². The van der Waals surface area contributed by atoms with E-state index >= 15 is 0 Å². The Morgan fingerprint density at radius 2 is 1.80 bits per heavy atom. The number of fused-ring (bicyclic) bond motifs is 1. The van der Waals surface area contributed by atoms with E-state index in [1.807, 2.05) is 16.7 Å². The van der Waals surface area contributed by atoms with Gasteiger partial charge in [0.25, 0.3) is 0 Å². The second-order valence-electron chi connectivity index (χ2n) is 6.16. The lowest BCUT2D eigenvalue weighted by atomic mass is 10.1. The van der Waals surface area contributed by atoms with Gasteiger partial charge in [0, 0.05) is 48.9 Å². The lowest BCUT2D eigenvalue weighted by Crippen LogP contribution is -2.17. The standard InChI is InChI=1S/C19H20ClN3O2/c1-24-17-11-18(25-2)15(20)10-14(17)16-12-23-8-5-13(9-19(23)21-16)22-6-3-4-7-22/h5,8-12H,3-4,6-7H2,1-2H3. The molecule has 0 radical (unpaired) electrons. The third-order valence-electron chi connectivity index (χ3n) is 4.66. The smallest absolute Gasteiger partial charge is 0.141 e. The minimum atomic E-state index is 0.535. The molecule has 0 unspecified atom stereocenters. The van der Waals surface area contributed by atoms with E-state index in [1.54, 1.807) is 20.3 Å². The van der Waals surface area contributed by atoms with Crippen LogP contribution in [0.25, 0.3) is 16.9 Å². The zero-order valence-electron chi connectivity index (χ0n) is 14.3. The fourth-order valence-corrected chi connectivity index (χ4v) is 3.57. The van der Waals surface area contributed by atoms with Gasteiger partial charge in [-0.15, -0.1) is 0 Å². The number of anilines is 1. The molecule has 0 bridgehead atoms. The average molecular weight is 358 g/mol. The summed E-state index contributed by atoms with van der Waals surface area (Å²) in [6.07, 6.45) is 6.56. The maximum atomic E-state index is 6.30. The van der Waals surface area contributed by atoms with Crippen LogP contribution in [0, 0.1) is 0 Å². The number of pyridine rings is 1. The molecule has 0 N–H and O–H groups in total. The normalized spacial score (nSPS) is 14.3. The highest BCUT2D eigenvalue weighted by Gasteiger charge is 2.16. The molecule has 1 aromatic carbocycles. The van der Waals surface area contributed by atoms with Crippen molar-refractivity contribution in [2.75, 3.05) is 32.2 Å². The Morgan fingerprint density at radius 1 is 1.04 bits per heavy atom. The number of aromatic nitrogens is 2. The van der Waals surface area contributed by atoms with Crippen LogP contribution < -0.4 is 14.4 Å². The van der Waals surface area contributed by atoms with E-state index < -0.39 is 0 Å². The van der Waals surface area contributed by atoms with Gasteiger partial charge in [0.05, 0.1) is 24.9 Å². The van der Waals surface area contributed by atoms with Gasteiger partial charge in [0.2, 0.25) is 0 Å². The summed E-state index contributed by atoms with van der Waals surface area (Å²) in [6, 6.07) is 7.90. The van der Waals surface area contributed by atoms with Gasteiger partial charge in [0.15, 0.2) is 0 Å². The number of methoxy groups -OCH3 is 2. The lowest BCUT2D eigenvalue weighted by Gasteiger charge is -2.17. The first-order valence-corrected chi connectivity index (χ1v) is 8.73. The fourth-order valence-electron chi connectivity index (χ4n) is 3.33. The molecule has 0 aliphatic carbocycles. The SMILES string of the molecule is COc1cc(OC)c(-c2cn3ccc(N4CCCC4)cc3n2)cc1Cl. The maximum absolute atomic E-state index is 6.30. The van der Waals surface area contributed by atoms with Crippen molar-refractivity contribution in [3.63, 3.8) is 0 Å². The second kappa shape index (κ2) is 6.48. The Kier molecular flexibility index (Phi) is 4.17. The van der Waals surface area contributed by atoms with Gasteiger partial charge in [-0.1, -0.05) is 11.6 Å². The number of nitrogens with zero attached hydrogens (tertiary/aromatic N) is 3. The first-order valence-electron chi connectivity index (χ1n) is 8.35. The van der Waals surface area contributed by atoms with Crippen molar-refractivity contribution in [3.05, 3.63) is 41.7 Å². The van der Waals surface area contributed by atoms with Crippen molar-refractivity contribution in [1.82, 2.24) is 9.38 Å². The largest absolute Gasteiger partial charge is 0.496 e. The van der Waals surface area contributed by atoms with Gasteiger partial charge >= 0.3 is 0 Å². The second-order valence-corrected chi connectivity index (χ2v) is 6.56. The van der Waals surface area contributed by atoms with E-state index in [0.29, 0.717) is 16.5 Å². The third kappa shape index (κ3) is 2.89. The zero-order valence-corrected chi connectivity index (χ0v) is 15.1. The molecule has 2 aromatic heterocycles. The number of ether oxygens (including phenoxy) is 2. The molecule has 1 aliphatic heterocycles. The Hall–Kier alpha value is -2.40. The van der Waals surface area contributed by atoms with Crippen LogP contribution in [0.15, 0.2) is 36.7 Å². The van der Waals surface area contributed by atoms with Crippen molar-refractivity contribution in [3.8, 4) is 22.8 Å². The summed E-state index contributed by atoms with van der Waals surface area (Å²) >= 11 is 6.30. The molecule has 5 nitrogen and oxygen atoms in total. The molecule has 1 fully saturated rings. The molecule has 0 spiro atoms. The highest BCUT2D eigenvalue weighted by molar-refractivity contribution is 6.32. The molecular weight excluding hydrogens is 338 g/mol. The summed E-state index contributed by atoms with van der Waals surface area (Å²) in [5.41, 5.74) is 3.80. The number of hydrogen-bond donors (Lipinski definition) is 0. The highest BCUT2D eigenvalue weighted by atomic mass is 35.5.